The highest BCUT2D eigenvalue weighted by Crippen LogP contribution is 2.14. The Morgan fingerprint density at radius 3 is 2.17 bits per heavy atom. The number of carbonyl (C=O) groups is 4. The number of aryl methyl sites for hydroxylation is 2. The van der Waals surface area contributed by atoms with Crippen molar-refractivity contribution in [1.82, 2.24) is 16.0 Å². The van der Waals surface area contributed by atoms with Crippen LogP contribution in [-0.4, -0.2) is 70.7 Å². The van der Waals surface area contributed by atoms with E-state index in [1.165, 1.54) is 11.8 Å². The van der Waals surface area contributed by atoms with E-state index in [1.807, 2.05) is 38.3 Å². The van der Waals surface area contributed by atoms with Crippen LogP contribution in [0, 0.1) is 19.8 Å². The Hall–Kier alpha value is -2.24. The molecule has 6 N–H and O–H groups in total. The molecule has 0 aliphatic heterocycles. The molecule has 0 bridgehead atoms. The van der Waals surface area contributed by atoms with Crippen LogP contribution in [0.3, 0.4) is 0 Å². The molecule has 4 atom stereocenters. The summed E-state index contributed by atoms with van der Waals surface area (Å²) < 4.78 is 0. The zero-order valence-corrected chi connectivity index (χ0v) is 22.7. The summed E-state index contributed by atoms with van der Waals surface area (Å²) in [6.07, 6.45) is 2.26. The molecule has 0 saturated heterocycles. The number of nitrogens with two attached hydrogens (primary N) is 1. The third kappa shape index (κ3) is 10.1. The fourth-order valence-corrected chi connectivity index (χ4v) is 4.05. The van der Waals surface area contributed by atoms with Crippen molar-refractivity contribution in [3.05, 3.63) is 34.9 Å². The van der Waals surface area contributed by atoms with E-state index in [2.05, 4.69) is 28.6 Å². The van der Waals surface area contributed by atoms with Crippen molar-refractivity contribution in [1.29, 1.82) is 0 Å². The summed E-state index contributed by atoms with van der Waals surface area (Å²) in [6.45, 7) is 7.39. The van der Waals surface area contributed by atoms with Gasteiger partial charge >= 0.3 is 5.97 Å². The number of carbonyl (C=O) groups excluding carboxylic acids is 3. The molecule has 35 heavy (non-hydrogen) atoms. The average molecular weight is 527 g/mol. The first-order valence-corrected chi connectivity index (χ1v) is 13.5. The molecular weight excluding hydrogens is 488 g/mol. The molecule has 0 saturated carbocycles. The molecule has 9 nitrogen and oxygen atoms in total. The highest BCUT2D eigenvalue weighted by atomic mass is 32.2. The van der Waals surface area contributed by atoms with E-state index in [0.29, 0.717) is 5.75 Å². The highest BCUT2D eigenvalue weighted by molar-refractivity contribution is 7.98. The number of carboxylic acid groups (broad SMARTS) is 1. The second-order valence-electron chi connectivity index (χ2n) is 8.90. The van der Waals surface area contributed by atoms with Gasteiger partial charge in [0.2, 0.25) is 17.7 Å². The number of thiol groups is 1. The molecule has 1 aromatic carbocycles. The van der Waals surface area contributed by atoms with E-state index in [0.717, 1.165) is 16.7 Å². The Kier molecular flexibility index (Phi) is 13.2. The Labute approximate surface area is 217 Å². The van der Waals surface area contributed by atoms with Crippen LogP contribution in [0.25, 0.3) is 0 Å². The summed E-state index contributed by atoms with van der Waals surface area (Å²) in [5.74, 6) is -2.44. The fraction of sp³-hybridized carbons (Fsp3) is 0.583. The summed E-state index contributed by atoms with van der Waals surface area (Å²) in [7, 11) is 0. The van der Waals surface area contributed by atoms with E-state index >= 15 is 0 Å². The third-order valence-electron chi connectivity index (χ3n) is 5.56. The first-order chi connectivity index (χ1) is 16.4. The number of hydrogen-bond donors (Lipinski definition) is 6. The van der Waals surface area contributed by atoms with Gasteiger partial charge < -0.3 is 26.8 Å². The van der Waals surface area contributed by atoms with Crippen LogP contribution in [0.1, 0.15) is 37.0 Å². The van der Waals surface area contributed by atoms with Gasteiger partial charge in [-0.2, -0.15) is 24.4 Å². The van der Waals surface area contributed by atoms with Crippen LogP contribution in [-0.2, 0) is 25.6 Å². The second-order valence-corrected chi connectivity index (χ2v) is 10.2. The van der Waals surface area contributed by atoms with E-state index < -0.39 is 47.9 Å². The van der Waals surface area contributed by atoms with Gasteiger partial charge in [-0.1, -0.05) is 37.6 Å². The summed E-state index contributed by atoms with van der Waals surface area (Å²) in [5.41, 5.74) is 8.57. The number of benzene rings is 1. The molecule has 0 aliphatic carbocycles. The molecular formula is C24H38N4O5S2. The largest absolute Gasteiger partial charge is 0.480 e. The number of nitrogens with one attached hydrogen (secondary N) is 3. The Bertz CT molecular complexity index is 897. The van der Waals surface area contributed by atoms with Crippen LogP contribution < -0.4 is 21.7 Å². The van der Waals surface area contributed by atoms with E-state index in [4.69, 9.17) is 5.73 Å². The van der Waals surface area contributed by atoms with Crippen molar-refractivity contribution in [2.75, 3.05) is 17.8 Å². The van der Waals surface area contributed by atoms with Gasteiger partial charge in [-0.05, 0) is 49.3 Å². The van der Waals surface area contributed by atoms with Gasteiger partial charge in [0, 0.05) is 12.2 Å². The minimum atomic E-state index is -1.14. The Morgan fingerprint density at radius 1 is 1.03 bits per heavy atom. The van der Waals surface area contributed by atoms with Crippen LogP contribution >= 0.6 is 24.4 Å². The van der Waals surface area contributed by atoms with Gasteiger partial charge in [-0.15, -0.1) is 0 Å². The zero-order valence-electron chi connectivity index (χ0n) is 21.0. The van der Waals surface area contributed by atoms with Crippen molar-refractivity contribution in [3.63, 3.8) is 0 Å². The molecule has 1 rings (SSSR count). The SMILES string of the molecule is CSCC[C@H](NC(=O)[C@@H](Cc1ccc(C)cc1C)NC(=O)[C@@H](NC(=O)[C@@H](N)CS)C(C)C)C(=O)O. The lowest BCUT2D eigenvalue weighted by molar-refractivity contribution is -0.142. The normalized spacial score (nSPS) is 14.5. The van der Waals surface area contributed by atoms with E-state index in [-0.39, 0.29) is 24.5 Å². The summed E-state index contributed by atoms with van der Waals surface area (Å²) in [5, 5.41) is 17.5. The van der Waals surface area contributed by atoms with Crippen molar-refractivity contribution in [2.24, 2.45) is 11.7 Å². The molecule has 0 aliphatic rings. The smallest absolute Gasteiger partial charge is 0.326 e. The second kappa shape index (κ2) is 15.0. The third-order valence-corrected chi connectivity index (χ3v) is 6.60. The topological polar surface area (TPSA) is 151 Å². The zero-order chi connectivity index (χ0) is 26.7. The van der Waals surface area contributed by atoms with Crippen LogP contribution in [0.2, 0.25) is 0 Å². The van der Waals surface area contributed by atoms with Crippen molar-refractivity contribution in [2.45, 2.75) is 64.7 Å². The molecule has 3 amide bonds. The summed E-state index contributed by atoms with van der Waals surface area (Å²) in [4.78, 5) is 50.3. The van der Waals surface area contributed by atoms with Gasteiger partial charge in [0.05, 0.1) is 6.04 Å². The lowest BCUT2D eigenvalue weighted by Crippen LogP contribution is -2.59. The molecule has 0 radical (unpaired) electrons. The predicted octanol–water partition coefficient (Wildman–Crippen LogP) is 1.05. The van der Waals surface area contributed by atoms with Crippen molar-refractivity contribution in [3.8, 4) is 0 Å². The van der Waals surface area contributed by atoms with Crippen LogP contribution in [0.15, 0.2) is 18.2 Å². The Morgan fingerprint density at radius 2 is 1.66 bits per heavy atom. The number of amides is 3. The fourth-order valence-electron chi connectivity index (χ4n) is 3.41. The van der Waals surface area contributed by atoms with Crippen molar-refractivity contribution >= 4 is 48.1 Å². The van der Waals surface area contributed by atoms with Crippen LogP contribution in [0.5, 0.6) is 0 Å². The molecule has 11 heteroatoms. The average Bonchev–Trinajstić information content (AvgIpc) is 2.79. The van der Waals surface area contributed by atoms with Gasteiger partial charge in [-0.3, -0.25) is 14.4 Å². The number of thioether (sulfide) groups is 1. The number of rotatable bonds is 14. The number of hydrogen-bond acceptors (Lipinski definition) is 7. The molecule has 1 aromatic rings. The highest BCUT2D eigenvalue weighted by Gasteiger charge is 2.31. The minimum Gasteiger partial charge on any atom is -0.480 e. The molecule has 196 valence electrons. The Balaban J connectivity index is 3.19. The van der Waals surface area contributed by atoms with Gasteiger partial charge in [0.15, 0.2) is 0 Å². The lowest BCUT2D eigenvalue weighted by atomic mass is 9.97. The standard InChI is InChI=1S/C24H38N4O5S2/c1-13(2)20(28-21(29)17(25)12-34)23(31)27-19(11-16-7-6-14(3)10-15(16)4)22(30)26-18(24(32)33)8-9-35-5/h6-7,10,13,17-20,34H,8-9,11-12,25H2,1-5H3,(H,26,30)(H,27,31)(H,28,29)(H,32,33)/t17-,18-,19+,20-/m0/s1. The van der Waals surface area contributed by atoms with Gasteiger partial charge in [0.25, 0.3) is 0 Å². The van der Waals surface area contributed by atoms with E-state index in [9.17, 15) is 24.3 Å². The number of aliphatic carboxylic acids is 1. The first kappa shape index (κ1) is 30.8. The lowest BCUT2D eigenvalue weighted by Gasteiger charge is -2.27. The molecule has 0 spiro atoms. The maximum absolute atomic E-state index is 13.2. The molecule has 0 heterocycles. The number of carboxylic acids is 1. The maximum Gasteiger partial charge on any atom is 0.326 e. The first-order valence-electron chi connectivity index (χ1n) is 11.5. The predicted molar refractivity (Wildman–Crippen MR) is 143 cm³/mol. The van der Waals surface area contributed by atoms with Crippen LogP contribution in [0.4, 0.5) is 0 Å². The van der Waals surface area contributed by atoms with Gasteiger partial charge in [0.1, 0.15) is 18.1 Å². The molecule has 0 fully saturated rings. The minimum absolute atomic E-state index is 0.114. The van der Waals surface area contributed by atoms with E-state index in [1.54, 1.807) is 13.8 Å². The monoisotopic (exact) mass is 526 g/mol. The maximum atomic E-state index is 13.2. The molecule has 0 aromatic heterocycles. The summed E-state index contributed by atoms with van der Waals surface area (Å²) in [6, 6.07) is 1.82. The molecule has 0 unspecified atom stereocenters. The van der Waals surface area contributed by atoms with Crippen molar-refractivity contribution < 1.29 is 24.3 Å². The quantitative estimate of drug-likeness (QED) is 0.198. The summed E-state index contributed by atoms with van der Waals surface area (Å²) >= 11 is 5.50. The van der Waals surface area contributed by atoms with Gasteiger partial charge in [-0.25, -0.2) is 4.79 Å².